The number of benzene rings is 1. The molecule has 0 bridgehead atoms. The van der Waals surface area contributed by atoms with Gasteiger partial charge in [0.25, 0.3) is 0 Å². The molecule has 0 spiro atoms. The van der Waals surface area contributed by atoms with Gasteiger partial charge in [0.05, 0.1) is 7.11 Å². The van der Waals surface area contributed by atoms with Crippen molar-refractivity contribution >= 4 is 11.6 Å². The van der Waals surface area contributed by atoms with Gasteiger partial charge in [-0.05, 0) is 24.3 Å². The number of aliphatic hydroxyl groups excluding tert-OH is 1. The molecule has 0 saturated heterocycles. The second-order valence-electron chi connectivity index (χ2n) is 3.66. The molecule has 2 aromatic rings. The summed E-state index contributed by atoms with van der Waals surface area (Å²) in [6.45, 7) is 0. The number of halogens is 2. The van der Waals surface area contributed by atoms with Gasteiger partial charge in [-0.3, -0.25) is 4.98 Å². The zero-order valence-electron chi connectivity index (χ0n) is 9.60. The Kier molecular flexibility index (Phi) is 3.79. The summed E-state index contributed by atoms with van der Waals surface area (Å²) in [5.41, 5.74) is 0.726. The van der Waals surface area contributed by atoms with E-state index < -0.39 is 11.9 Å². The van der Waals surface area contributed by atoms with Crippen LogP contribution in [0.5, 0.6) is 5.75 Å². The van der Waals surface area contributed by atoms with Crippen molar-refractivity contribution in [3.8, 4) is 5.75 Å². The fourth-order valence-corrected chi connectivity index (χ4v) is 1.92. The van der Waals surface area contributed by atoms with Gasteiger partial charge >= 0.3 is 0 Å². The monoisotopic (exact) mass is 267 g/mol. The van der Waals surface area contributed by atoms with E-state index in [9.17, 15) is 9.50 Å². The van der Waals surface area contributed by atoms with Crippen LogP contribution in [0, 0.1) is 5.82 Å². The van der Waals surface area contributed by atoms with Gasteiger partial charge in [-0.15, -0.1) is 0 Å². The molecule has 1 aromatic carbocycles. The summed E-state index contributed by atoms with van der Waals surface area (Å²) >= 11 is 5.90. The van der Waals surface area contributed by atoms with E-state index in [2.05, 4.69) is 4.98 Å². The van der Waals surface area contributed by atoms with Crippen LogP contribution >= 0.6 is 11.6 Å². The molecule has 0 radical (unpaired) electrons. The van der Waals surface area contributed by atoms with Gasteiger partial charge in [-0.2, -0.15) is 0 Å². The summed E-state index contributed by atoms with van der Waals surface area (Å²) in [5, 5.41) is 10.4. The number of hydrogen-bond acceptors (Lipinski definition) is 3. The average molecular weight is 268 g/mol. The average Bonchev–Trinajstić information content (AvgIpc) is 2.38. The Bertz CT molecular complexity index is 562. The Labute approximate surface area is 109 Å². The van der Waals surface area contributed by atoms with E-state index in [1.165, 1.54) is 19.2 Å². The van der Waals surface area contributed by atoms with Crippen molar-refractivity contribution in [2.45, 2.75) is 6.10 Å². The number of ether oxygens (including phenoxy) is 1. The summed E-state index contributed by atoms with van der Waals surface area (Å²) in [4.78, 5) is 4.06. The van der Waals surface area contributed by atoms with Crippen LogP contribution in [0.3, 0.4) is 0 Å². The summed E-state index contributed by atoms with van der Waals surface area (Å²) in [5.74, 6) is -0.00525. The minimum absolute atomic E-state index is 0.148. The maximum absolute atomic E-state index is 13.0. The fourth-order valence-electron chi connectivity index (χ4n) is 1.65. The molecule has 2 rings (SSSR count). The topological polar surface area (TPSA) is 42.4 Å². The summed E-state index contributed by atoms with van der Waals surface area (Å²) in [6, 6.07) is 7.19. The SMILES string of the molecule is COc1cccnc1C(O)c1ccc(F)cc1Cl. The molecule has 0 aliphatic heterocycles. The van der Waals surface area contributed by atoms with Crippen molar-refractivity contribution in [3.05, 3.63) is 58.6 Å². The molecule has 0 aliphatic rings. The first-order valence-corrected chi connectivity index (χ1v) is 5.63. The molecule has 94 valence electrons. The first kappa shape index (κ1) is 12.8. The van der Waals surface area contributed by atoms with E-state index in [0.717, 1.165) is 6.07 Å². The molecule has 1 heterocycles. The van der Waals surface area contributed by atoms with Gasteiger partial charge in [0, 0.05) is 16.8 Å². The van der Waals surface area contributed by atoms with Gasteiger partial charge < -0.3 is 9.84 Å². The lowest BCUT2D eigenvalue weighted by molar-refractivity contribution is 0.209. The molecule has 1 atom stereocenters. The smallest absolute Gasteiger partial charge is 0.143 e. The van der Waals surface area contributed by atoms with E-state index in [4.69, 9.17) is 16.3 Å². The van der Waals surface area contributed by atoms with Gasteiger partial charge in [0.1, 0.15) is 23.4 Å². The molecule has 0 aliphatic carbocycles. The number of hydrogen-bond donors (Lipinski definition) is 1. The highest BCUT2D eigenvalue weighted by molar-refractivity contribution is 6.31. The predicted molar refractivity (Wildman–Crippen MR) is 66.3 cm³/mol. The zero-order chi connectivity index (χ0) is 13.1. The second kappa shape index (κ2) is 5.33. The lowest BCUT2D eigenvalue weighted by Crippen LogP contribution is -2.05. The number of nitrogens with zero attached hydrogens (tertiary/aromatic N) is 1. The molecule has 18 heavy (non-hydrogen) atoms. The lowest BCUT2D eigenvalue weighted by Gasteiger charge is -2.15. The van der Waals surface area contributed by atoms with Gasteiger partial charge in [-0.25, -0.2) is 4.39 Å². The van der Waals surface area contributed by atoms with Crippen LogP contribution in [0.4, 0.5) is 4.39 Å². The van der Waals surface area contributed by atoms with Gasteiger partial charge in [0.2, 0.25) is 0 Å². The first-order chi connectivity index (χ1) is 8.63. The Balaban J connectivity index is 2.44. The molecule has 0 amide bonds. The predicted octanol–water partition coefficient (Wildman–Crippen LogP) is 2.96. The lowest BCUT2D eigenvalue weighted by atomic mass is 10.1. The van der Waals surface area contributed by atoms with Crippen LogP contribution in [0.15, 0.2) is 36.5 Å². The van der Waals surface area contributed by atoms with Gasteiger partial charge in [0.15, 0.2) is 0 Å². The van der Waals surface area contributed by atoms with Crippen molar-refractivity contribution in [1.82, 2.24) is 4.98 Å². The molecule has 0 saturated carbocycles. The zero-order valence-corrected chi connectivity index (χ0v) is 10.4. The normalized spacial score (nSPS) is 12.2. The largest absolute Gasteiger partial charge is 0.495 e. The summed E-state index contributed by atoms with van der Waals surface area (Å²) in [7, 11) is 1.49. The molecule has 1 aromatic heterocycles. The number of aromatic nitrogens is 1. The highest BCUT2D eigenvalue weighted by Crippen LogP contribution is 2.32. The number of rotatable bonds is 3. The van der Waals surface area contributed by atoms with Crippen LogP contribution < -0.4 is 4.74 Å². The van der Waals surface area contributed by atoms with Crippen molar-refractivity contribution in [2.24, 2.45) is 0 Å². The molecule has 1 N–H and O–H groups in total. The van der Waals surface area contributed by atoms with Crippen LogP contribution in [-0.2, 0) is 0 Å². The number of aliphatic hydroxyl groups is 1. The summed E-state index contributed by atoms with van der Waals surface area (Å²) in [6.07, 6.45) is 0.479. The van der Waals surface area contributed by atoms with Crippen molar-refractivity contribution < 1.29 is 14.2 Å². The minimum atomic E-state index is -1.06. The molecular weight excluding hydrogens is 257 g/mol. The van der Waals surface area contributed by atoms with Crippen LogP contribution in [0.25, 0.3) is 0 Å². The van der Waals surface area contributed by atoms with Gasteiger partial charge in [-0.1, -0.05) is 17.7 Å². The molecular formula is C13H11ClFNO2. The van der Waals surface area contributed by atoms with E-state index in [-0.39, 0.29) is 5.02 Å². The Hall–Kier alpha value is -1.65. The quantitative estimate of drug-likeness (QED) is 0.930. The van der Waals surface area contributed by atoms with Crippen LogP contribution in [0.1, 0.15) is 17.4 Å². The Morgan fingerprint density at radius 3 is 2.83 bits per heavy atom. The molecule has 3 nitrogen and oxygen atoms in total. The Morgan fingerprint density at radius 2 is 2.17 bits per heavy atom. The number of methoxy groups -OCH3 is 1. The third-order valence-electron chi connectivity index (χ3n) is 2.54. The third-order valence-corrected chi connectivity index (χ3v) is 2.86. The second-order valence-corrected chi connectivity index (χ2v) is 4.07. The molecule has 5 heteroatoms. The van der Waals surface area contributed by atoms with Crippen molar-refractivity contribution in [1.29, 1.82) is 0 Å². The van der Waals surface area contributed by atoms with Crippen LogP contribution in [0.2, 0.25) is 5.02 Å². The van der Waals surface area contributed by atoms with E-state index in [1.54, 1.807) is 18.3 Å². The van der Waals surface area contributed by atoms with Crippen LogP contribution in [-0.4, -0.2) is 17.2 Å². The van der Waals surface area contributed by atoms with E-state index >= 15 is 0 Å². The molecule has 0 fully saturated rings. The Morgan fingerprint density at radius 1 is 1.39 bits per heavy atom. The molecule has 1 unspecified atom stereocenters. The van der Waals surface area contributed by atoms with E-state index in [1.807, 2.05) is 0 Å². The standard InChI is InChI=1S/C13H11ClFNO2/c1-18-11-3-2-6-16-12(11)13(17)9-5-4-8(15)7-10(9)14/h2-7,13,17H,1H3. The van der Waals surface area contributed by atoms with E-state index in [0.29, 0.717) is 17.0 Å². The minimum Gasteiger partial charge on any atom is -0.495 e. The fraction of sp³-hybridized carbons (Fsp3) is 0.154. The highest BCUT2D eigenvalue weighted by atomic mass is 35.5. The number of pyridine rings is 1. The third kappa shape index (κ3) is 2.44. The first-order valence-electron chi connectivity index (χ1n) is 5.25. The maximum Gasteiger partial charge on any atom is 0.143 e. The highest BCUT2D eigenvalue weighted by Gasteiger charge is 2.19. The van der Waals surface area contributed by atoms with Crippen molar-refractivity contribution in [3.63, 3.8) is 0 Å². The maximum atomic E-state index is 13.0. The summed E-state index contributed by atoms with van der Waals surface area (Å²) < 4.78 is 18.1. The van der Waals surface area contributed by atoms with Crippen molar-refractivity contribution in [2.75, 3.05) is 7.11 Å².